The van der Waals surface area contributed by atoms with Gasteiger partial charge in [0, 0.05) is 17.6 Å². The summed E-state index contributed by atoms with van der Waals surface area (Å²) in [5, 5.41) is 2.69. The summed E-state index contributed by atoms with van der Waals surface area (Å²) >= 11 is 3.36. The van der Waals surface area contributed by atoms with E-state index in [4.69, 9.17) is 0 Å². The molecule has 1 aromatic rings. The Bertz CT molecular complexity index is 724. The van der Waals surface area contributed by atoms with Crippen LogP contribution in [0.1, 0.15) is 12.5 Å². The highest BCUT2D eigenvalue weighted by Gasteiger charge is 2.49. The summed E-state index contributed by atoms with van der Waals surface area (Å²) in [6.07, 6.45) is 3.16. The maximum atomic E-state index is 12.8. The number of imide groups is 1. The van der Waals surface area contributed by atoms with Crippen LogP contribution in [0.4, 0.5) is 4.79 Å². The van der Waals surface area contributed by atoms with Gasteiger partial charge < -0.3 is 10.2 Å². The Labute approximate surface area is 155 Å². The standard InChI is InChI=1S/C18H20BrN3O3/c1-4-9-21(10-5-2)15(23)12-22-16(24)18(3,20-17(22)25)13-7-6-8-14(19)11-13/h4-8,11H,1-2,9-10,12H2,3H3,(H,20,25). The van der Waals surface area contributed by atoms with E-state index in [0.29, 0.717) is 18.7 Å². The fourth-order valence-electron chi connectivity index (χ4n) is 2.66. The highest BCUT2D eigenvalue weighted by molar-refractivity contribution is 9.10. The Kier molecular flexibility index (Phi) is 5.79. The Hall–Kier alpha value is -2.41. The van der Waals surface area contributed by atoms with Gasteiger partial charge in [-0.3, -0.25) is 14.5 Å². The smallest absolute Gasteiger partial charge is 0.325 e. The number of urea groups is 1. The average molecular weight is 406 g/mol. The van der Waals surface area contributed by atoms with E-state index in [1.807, 2.05) is 6.07 Å². The summed E-state index contributed by atoms with van der Waals surface area (Å²) in [5.74, 6) is -0.803. The maximum Gasteiger partial charge on any atom is 0.325 e. The normalized spacial score (nSPS) is 19.5. The van der Waals surface area contributed by atoms with Crippen LogP contribution in [0.15, 0.2) is 54.0 Å². The van der Waals surface area contributed by atoms with Gasteiger partial charge in [0.25, 0.3) is 5.91 Å². The zero-order valence-electron chi connectivity index (χ0n) is 14.0. The first kappa shape index (κ1) is 18.9. The first-order chi connectivity index (χ1) is 11.8. The lowest BCUT2D eigenvalue weighted by Crippen LogP contribution is -2.44. The van der Waals surface area contributed by atoms with Crippen LogP contribution in [-0.2, 0) is 15.1 Å². The first-order valence-electron chi connectivity index (χ1n) is 7.73. The van der Waals surface area contributed by atoms with E-state index < -0.39 is 17.5 Å². The number of nitrogens with one attached hydrogen (secondary N) is 1. The lowest BCUT2D eigenvalue weighted by Gasteiger charge is -2.24. The molecule has 4 amide bonds. The molecule has 1 fully saturated rings. The molecule has 132 valence electrons. The van der Waals surface area contributed by atoms with Crippen molar-refractivity contribution >= 4 is 33.8 Å². The molecule has 1 aliphatic rings. The number of hydrogen-bond donors (Lipinski definition) is 1. The van der Waals surface area contributed by atoms with Crippen molar-refractivity contribution in [2.45, 2.75) is 12.5 Å². The third-order valence-corrected chi connectivity index (χ3v) is 4.52. The van der Waals surface area contributed by atoms with E-state index in [9.17, 15) is 14.4 Å². The second-order valence-corrected chi connectivity index (χ2v) is 6.75. The Morgan fingerprint density at radius 1 is 1.32 bits per heavy atom. The van der Waals surface area contributed by atoms with Gasteiger partial charge in [-0.1, -0.05) is 40.2 Å². The molecule has 1 aromatic carbocycles. The molecule has 7 heteroatoms. The molecule has 25 heavy (non-hydrogen) atoms. The minimum atomic E-state index is -1.21. The van der Waals surface area contributed by atoms with Crippen LogP contribution in [0.3, 0.4) is 0 Å². The summed E-state index contributed by atoms with van der Waals surface area (Å²) in [6, 6.07) is 6.56. The number of halogens is 1. The summed E-state index contributed by atoms with van der Waals surface area (Å²) in [5.41, 5.74) is -0.563. The van der Waals surface area contributed by atoms with Crippen molar-refractivity contribution in [2.24, 2.45) is 0 Å². The van der Waals surface area contributed by atoms with Crippen LogP contribution in [0.25, 0.3) is 0 Å². The summed E-state index contributed by atoms with van der Waals surface area (Å²) in [4.78, 5) is 40.0. The van der Waals surface area contributed by atoms with Gasteiger partial charge in [-0.2, -0.15) is 0 Å². The molecular formula is C18H20BrN3O3. The average Bonchev–Trinajstić information content (AvgIpc) is 2.79. The third kappa shape index (κ3) is 3.82. The molecule has 0 bridgehead atoms. The predicted molar refractivity (Wildman–Crippen MR) is 98.7 cm³/mol. The van der Waals surface area contributed by atoms with Crippen molar-refractivity contribution in [2.75, 3.05) is 19.6 Å². The van der Waals surface area contributed by atoms with Gasteiger partial charge in [-0.25, -0.2) is 4.79 Å². The molecule has 1 heterocycles. The second-order valence-electron chi connectivity index (χ2n) is 5.83. The van der Waals surface area contributed by atoms with Crippen LogP contribution in [0, 0.1) is 0 Å². The zero-order chi connectivity index (χ0) is 18.6. The van der Waals surface area contributed by atoms with Crippen LogP contribution < -0.4 is 5.32 Å². The molecule has 0 spiro atoms. The second kappa shape index (κ2) is 7.65. The number of nitrogens with zero attached hydrogens (tertiary/aromatic N) is 2. The molecule has 0 aliphatic carbocycles. The highest BCUT2D eigenvalue weighted by atomic mass is 79.9. The quantitative estimate of drug-likeness (QED) is 0.559. The molecule has 2 rings (SSSR count). The summed E-state index contributed by atoms with van der Waals surface area (Å²) in [6.45, 7) is 9.15. The van der Waals surface area contributed by atoms with Crippen molar-refractivity contribution in [1.29, 1.82) is 0 Å². The molecule has 6 nitrogen and oxygen atoms in total. The van der Waals surface area contributed by atoms with Gasteiger partial charge in [-0.05, 0) is 24.6 Å². The van der Waals surface area contributed by atoms with Crippen molar-refractivity contribution < 1.29 is 14.4 Å². The molecule has 0 saturated carbocycles. The van der Waals surface area contributed by atoms with E-state index in [0.717, 1.165) is 9.37 Å². The number of carbonyl (C=O) groups is 3. The van der Waals surface area contributed by atoms with Crippen LogP contribution in [-0.4, -0.2) is 47.3 Å². The zero-order valence-corrected chi connectivity index (χ0v) is 15.6. The van der Waals surface area contributed by atoms with Gasteiger partial charge in [-0.15, -0.1) is 13.2 Å². The minimum Gasteiger partial charge on any atom is -0.334 e. The molecule has 0 aromatic heterocycles. The van der Waals surface area contributed by atoms with Crippen molar-refractivity contribution in [3.63, 3.8) is 0 Å². The number of carbonyl (C=O) groups excluding carboxylic acids is 3. The van der Waals surface area contributed by atoms with Crippen LogP contribution >= 0.6 is 15.9 Å². The largest absolute Gasteiger partial charge is 0.334 e. The van der Waals surface area contributed by atoms with E-state index in [-0.39, 0.29) is 12.5 Å². The fraction of sp³-hybridized carbons (Fsp3) is 0.278. The monoisotopic (exact) mass is 405 g/mol. The van der Waals surface area contributed by atoms with E-state index >= 15 is 0 Å². The van der Waals surface area contributed by atoms with Gasteiger partial charge >= 0.3 is 6.03 Å². The molecule has 1 unspecified atom stereocenters. The number of rotatable bonds is 7. The lowest BCUT2D eigenvalue weighted by atomic mass is 9.92. The minimum absolute atomic E-state index is 0.317. The van der Waals surface area contributed by atoms with Crippen molar-refractivity contribution in [3.8, 4) is 0 Å². The SMILES string of the molecule is C=CCN(CC=C)C(=O)CN1C(=O)NC(C)(c2cccc(Br)c2)C1=O. The van der Waals surface area contributed by atoms with Crippen LogP contribution in [0.2, 0.25) is 0 Å². The topological polar surface area (TPSA) is 69.7 Å². The van der Waals surface area contributed by atoms with Gasteiger partial charge in [0.2, 0.25) is 5.91 Å². The predicted octanol–water partition coefficient (Wildman–Crippen LogP) is 2.42. The van der Waals surface area contributed by atoms with Gasteiger partial charge in [0.05, 0.1) is 0 Å². The third-order valence-electron chi connectivity index (χ3n) is 4.02. The summed E-state index contributed by atoms with van der Waals surface area (Å²) in [7, 11) is 0. The first-order valence-corrected chi connectivity index (χ1v) is 8.52. The highest BCUT2D eigenvalue weighted by Crippen LogP contribution is 2.30. The molecule has 1 aliphatic heterocycles. The maximum absolute atomic E-state index is 12.8. The van der Waals surface area contributed by atoms with Crippen molar-refractivity contribution in [1.82, 2.24) is 15.1 Å². The Morgan fingerprint density at radius 3 is 2.52 bits per heavy atom. The van der Waals surface area contributed by atoms with E-state index in [1.165, 1.54) is 4.90 Å². The molecule has 1 atom stereocenters. The number of benzene rings is 1. The Balaban J connectivity index is 2.22. The molecular weight excluding hydrogens is 386 g/mol. The van der Waals surface area contributed by atoms with E-state index in [2.05, 4.69) is 34.4 Å². The van der Waals surface area contributed by atoms with Crippen molar-refractivity contribution in [3.05, 3.63) is 59.6 Å². The molecule has 1 N–H and O–H groups in total. The van der Waals surface area contributed by atoms with Crippen LogP contribution in [0.5, 0.6) is 0 Å². The summed E-state index contributed by atoms with van der Waals surface area (Å²) < 4.78 is 0.797. The number of hydrogen-bond acceptors (Lipinski definition) is 3. The van der Waals surface area contributed by atoms with E-state index in [1.54, 1.807) is 37.3 Å². The number of amides is 4. The Morgan fingerprint density at radius 2 is 1.96 bits per heavy atom. The van der Waals surface area contributed by atoms with Gasteiger partial charge in [0.15, 0.2) is 0 Å². The van der Waals surface area contributed by atoms with Gasteiger partial charge in [0.1, 0.15) is 12.1 Å². The molecule has 1 saturated heterocycles. The molecule has 0 radical (unpaired) electrons. The fourth-order valence-corrected chi connectivity index (χ4v) is 3.06. The lowest BCUT2D eigenvalue weighted by molar-refractivity contribution is -0.138.